The summed E-state index contributed by atoms with van der Waals surface area (Å²) in [5, 5.41) is 9.48. The fourth-order valence-electron chi connectivity index (χ4n) is 3.93. The van der Waals surface area contributed by atoms with Gasteiger partial charge in [0.1, 0.15) is 30.5 Å². The fourth-order valence-corrected chi connectivity index (χ4v) is 3.93. The van der Waals surface area contributed by atoms with Gasteiger partial charge < -0.3 is 19.5 Å². The first kappa shape index (κ1) is 20.8. The molecule has 0 aliphatic carbocycles. The zero-order chi connectivity index (χ0) is 21.5. The molecule has 0 unspecified atom stereocenters. The number of rotatable bonds is 7. The molecule has 1 aliphatic heterocycles. The van der Waals surface area contributed by atoms with Crippen LogP contribution in [0.2, 0.25) is 0 Å². The summed E-state index contributed by atoms with van der Waals surface area (Å²) in [6.07, 6.45) is 1.81. The highest BCUT2D eigenvalue weighted by molar-refractivity contribution is 5.97. The van der Waals surface area contributed by atoms with Crippen molar-refractivity contribution in [2.24, 2.45) is 0 Å². The Kier molecular flexibility index (Phi) is 6.72. The molecular formula is C26H27NO4. The monoisotopic (exact) mass is 417 g/mol. The molecule has 1 fully saturated rings. The molecule has 0 bridgehead atoms. The van der Waals surface area contributed by atoms with Crippen molar-refractivity contribution in [1.82, 2.24) is 4.90 Å². The first-order valence-electron chi connectivity index (χ1n) is 10.7. The predicted molar refractivity (Wildman–Crippen MR) is 120 cm³/mol. The minimum absolute atomic E-state index is 0.00346. The zero-order valence-electron chi connectivity index (χ0n) is 17.4. The summed E-state index contributed by atoms with van der Waals surface area (Å²) in [6.45, 7) is 2.18. The quantitative estimate of drug-likeness (QED) is 0.557. The van der Waals surface area contributed by atoms with Gasteiger partial charge in [-0.15, -0.1) is 0 Å². The van der Waals surface area contributed by atoms with Gasteiger partial charge in [-0.1, -0.05) is 42.5 Å². The molecule has 0 atom stereocenters. The molecule has 1 saturated heterocycles. The molecule has 3 aromatic rings. The van der Waals surface area contributed by atoms with E-state index in [1.807, 2.05) is 71.6 Å². The number of piperidine rings is 1. The Balaban J connectivity index is 1.32. The minimum atomic E-state index is 0.00346. The molecular weight excluding hydrogens is 390 g/mol. The maximum Gasteiger partial charge on any atom is 0.257 e. The Morgan fingerprint density at radius 1 is 0.839 bits per heavy atom. The predicted octanol–water partition coefficient (Wildman–Crippen LogP) is 4.87. The number of para-hydroxylation sites is 2. The Hall–Kier alpha value is -3.47. The standard InChI is InChI=1S/C26H27NO4/c28-22-12-10-20(11-13-22)21-14-16-27(17-15-21)26(29)24-8-4-5-9-25(24)31-19-18-30-23-6-2-1-3-7-23/h1-13,21,28H,14-19H2. The van der Waals surface area contributed by atoms with Crippen molar-refractivity contribution in [2.75, 3.05) is 26.3 Å². The van der Waals surface area contributed by atoms with Gasteiger partial charge in [0.25, 0.3) is 5.91 Å². The number of carbonyl (C=O) groups excluding carboxylic acids is 1. The lowest BCUT2D eigenvalue weighted by molar-refractivity contribution is 0.0707. The van der Waals surface area contributed by atoms with Crippen molar-refractivity contribution in [3.63, 3.8) is 0 Å². The van der Waals surface area contributed by atoms with E-state index in [4.69, 9.17) is 9.47 Å². The van der Waals surface area contributed by atoms with Gasteiger partial charge in [0.2, 0.25) is 0 Å². The van der Waals surface area contributed by atoms with Gasteiger partial charge in [-0.05, 0) is 60.7 Å². The maximum atomic E-state index is 13.1. The lowest BCUT2D eigenvalue weighted by Crippen LogP contribution is -2.38. The molecule has 0 aromatic heterocycles. The van der Waals surface area contributed by atoms with Gasteiger partial charge in [0, 0.05) is 13.1 Å². The van der Waals surface area contributed by atoms with Crippen LogP contribution < -0.4 is 9.47 Å². The normalized spacial score (nSPS) is 14.3. The number of aromatic hydroxyl groups is 1. The van der Waals surface area contributed by atoms with E-state index in [1.165, 1.54) is 5.56 Å². The number of phenols is 1. The molecule has 5 nitrogen and oxygen atoms in total. The second-order valence-corrected chi connectivity index (χ2v) is 7.66. The van der Waals surface area contributed by atoms with Crippen molar-refractivity contribution < 1.29 is 19.4 Å². The van der Waals surface area contributed by atoms with E-state index in [0.717, 1.165) is 18.6 Å². The van der Waals surface area contributed by atoms with Crippen LogP contribution in [0.1, 0.15) is 34.7 Å². The van der Waals surface area contributed by atoms with Crippen molar-refractivity contribution in [1.29, 1.82) is 0 Å². The number of benzene rings is 3. The van der Waals surface area contributed by atoms with Crippen molar-refractivity contribution in [2.45, 2.75) is 18.8 Å². The lowest BCUT2D eigenvalue weighted by atomic mass is 9.89. The van der Waals surface area contributed by atoms with Crippen LogP contribution in [-0.4, -0.2) is 42.2 Å². The average Bonchev–Trinajstić information content (AvgIpc) is 2.83. The number of ether oxygens (including phenoxy) is 2. The van der Waals surface area contributed by atoms with Crippen LogP contribution in [0.25, 0.3) is 0 Å². The smallest absolute Gasteiger partial charge is 0.257 e. The summed E-state index contributed by atoms with van der Waals surface area (Å²) in [7, 11) is 0. The summed E-state index contributed by atoms with van der Waals surface area (Å²) in [5.41, 5.74) is 1.80. The molecule has 1 heterocycles. The third kappa shape index (κ3) is 5.37. The van der Waals surface area contributed by atoms with E-state index in [1.54, 1.807) is 12.1 Å². The van der Waals surface area contributed by atoms with Crippen LogP contribution >= 0.6 is 0 Å². The van der Waals surface area contributed by atoms with Gasteiger partial charge >= 0.3 is 0 Å². The maximum absolute atomic E-state index is 13.1. The largest absolute Gasteiger partial charge is 0.508 e. The van der Waals surface area contributed by atoms with E-state index >= 15 is 0 Å². The summed E-state index contributed by atoms with van der Waals surface area (Å²) in [6, 6.07) is 24.4. The molecule has 0 spiro atoms. The van der Waals surface area contributed by atoms with E-state index < -0.39 is 0 Å². The molecule has 31 heavy (non-hydrogen) atoms. The molecule has 0 radical (unpaired) electrons. The van der Waals surface area contributed by atoms with Gasteiger partial charge in [-0.25, -0.2) is 0 Å². The molecule has 5 heteroatoms. The first-order chi connectivity index (χ1) is 15.2. The van der Waals surface area contributed by atoms with Crippen LogP contribution in [0, 0.1) is 0 Å². The van der Waals surface area contributed by atoms with E-state index in [2.05, 4.69) is 0 Å². The highest BCUT2D eigenvalue weighted by Crippen LogP contribution is 2.30. The molecule has 4 rings (SSSR count). The summed E-state index contributed by atoms with van der Waals surface area (Å²) in [5.74, 6) is 2.08. The van der Waals surface area contributed by atoms with Crippen LogP contribution in [0.5, 0.6) is 17.2 Å². The second kappa shape index (κ2) is 10.0. The Morgan fingerprint density at radius 2 is 1.48 bits per heavy atom. The molecule has 1 N–H and O–H groups in total. The van der Waals surface area contributed by atoms with Crippen molar-refractivity contribution in [3.05, 3.63) is 90.0 Å². The number of likely N-dealkylation sites (tertiary alicyclic amines) is 1. The first-order valence-corrected chi connectivity index (χ1v) is 10.7. The topological polar surface area (TPSA) is 59.0 Å². The van der Waals surface area contributed by atoms with Gasteiger partial charge in [-0.2, -0.15) is 0 Å². The molecule has 160 valence electrons. The summed E-state index contributed by atoms with van der Waals surface area (Å²) >= 11 is 0. The number of amides is 1. The number of phenolic OH excluding ortho intramolecular Hbond substituents is 1. The summed E-state index contributed by atoms with van der Waals surface area (Å²) in [4.78, 5) is 15.0. The van der Waals surface area contributed by atoms with Crippen molar-refractivity contribution >= 4 is 5.91 Å². The lowest BCUT2D eigenvalue weighted by Gasteiger charge is -2.32. The van der Waals surface area contributed by atoms with Crippen molar-refractivity contribution in [3.8, 4) is 17.2 Å². The van der Waals surface area contributed by atoms with E-state index in [9.17, 15) is 9.90 Å². The van der Waals surface area contributed by atoms with Gasteiger partial charge in [0.05, 0.1) is 5.56 Å². The third-order valence-corrected chi connectivity index (χ3v) is 5.62. The number of hydrogen-bond acceptors (Lipinski definition) is 4. The van der Waals surface area contributed by atoms with E-state index in [0.29, 0.717) is 43.5 Å². The van der Waals surface area contributed by atoms with Crippen LogP contribution in [0.15, 0.2) is 78.9 Å². The fraction of sp³-hybridized carbons (Fsp3) is 0.269. The Labute approximate surface area is 182 Å². The van der Waals surface area contributed by atoms with Crippen LogP contribution in [-0.2, 0) is 0 Å². The van der Waals surface area contributed by atoms with Crippen LogP contribution in [0.4, 0.5) is 0 Å². The highest BCUT2D eigenvalue weighted by Gasteiger charge is 2.26. The summed E-state index contributed by atoms with van der Waals surface area (Å²) < 4.78 is 11.5. The molecule has 3 aromatic carbocycles. The molecule has 1 amide bonds. The zero-order valence-corrected chi connectivity index (χ0v) is 17.4. The number of carbonyl (C=O) groups is 1. The second-order valence-electron chi connectivity index (χ2n) is 7.66. The molecule has 0 saturated carbocycles. The average molecular weight is 418 g/mol. The minimum Gasteiger partial charge on any atom is -0.508 e. The van der Waals surface area contributed by atoms with Crippen LogP contribution in [0.3, 0.4) is 0 Å². The number of nitrogens with zero attached hydrogens (tertiary/aromatic N) is 1. The molecule has 1 aliphatic rings. The third-order valence-electron chi connectivity index (χ3n) is 5.62. The SMILES string of the molecule is O=C(c1ccccc1OCCOc1ccccc1)N1CCC(c2ccc(O)cc2)CC1. The highest BCUT2D eigenvalue weighted by atomic mass is 16.5. The van der Waals surface area contributed by atoms with Gasteiger partial charge in [0.15, 0.2) is 0 Å². The number of hydrogen-bond donors (Lipinski definition) is 1. The Bertz CT molecular complexity index is 980. The Morgan fingerprint density at radius 3 is 2.23 bits per heavy atom. The van der Waals surface area contributed by atoms with Gasteiger partial charge in [-0.3, -0.25) is 4.79 Å². The van der Waals surface area contributed by atoms with E-state index in [-0.39, 0.29) is 11.7 Å².